The normalized spacial score (nSPS) is 12.4. The van der Waals surface area contributed by atoms with Gasteiger partial charge in [-0.05, 0) is 24.3 Å². The summed E-state index contributed by atoms with van der Waals surface area (Å²) in [5.74, 6) is 0.726. The van der Waals surface area contributed by atoms with E-state index in [0.717, 1.165) is 5.56 Å². The van der Waals surface area contributed by atoms with Gasteiger partial charge in [-0.15, -0.1) is 0 Å². The Kier molecular flexibility index (Phi) is 10.3. The molecule has 0 spiro atoms. The van der Waals surface area contributed by atoms with Crippen molar-refractivity contribution < 1.29 is 39.9 Å². The SMILES string of the molecule is C[N-]/C(=N\[N]=[V])[C@@H](C)NS(=O)(=O)c1c(C)cc(OC)c(C)c1C.Oc1ccc(F)cc1. The predicted molar refractivity (Wildman–Crippen MR) is 114 cm³/mol. The number of methoxy groups -OCH3 is 1. The molecule has 0 heterocycles. The van der Waals surface area contributed by atoms with Crippen LogP contribution in [0.1, 0.15) is 23.6 Å². The molecule has 2 rings (SSSR count). The number of sulfonamides is 1. The maximum Gasteiger partial charge on any atom is 0.123 e. The Labute approximate surface area is 191 Å². The summed E-state index contributed by atoms with van der Waals surface area (Å²) in [7, 11) is -0.634. The molecule has 0 saturated carbocycles. The first-order valence-electron chi connectivity index (χ1n) is 9.11. The molecule has 0 radical (unpaired) electrons. The minimum absolute atomic E-state index is 0.0893. The van der Waals surface area contributed by atoms with Gasteiger partial charge in [0.25, 0.3) is 0 Å². The van der Waals surface area contributed by atoms with Crippen LogP contribution in [0.25, 0.3) is 5.32 Å². The Bertz CT molecular complexity index is 1020. The molecule has 31 heavy (non-hydrogen) atoms. The van der Waals surface area contributed by atoms with Crippen molar-refractivity contribution in [3.63, 3.8) is 0 Å². The monoisotopic (exact) mass is 488 g/mol. The zero-order chi connectivity index (χ0) is 23.8. The molecule has 0 aliphatic rings. The smallest absolute Gasteiger partial charge is 0.123 e. The average molecular weight is 488 g/mol. The van der Waals surface area contributed by atoms with Crippen LogP contribution in [0.2, 0.25) is 0 Å². The molecule has 2 aromatic carbocycles. The van der Waals surface area contributed by atoms with Crippen molar-refractivity contribution in [1.29, 1.82) is 0 Å². The van der Waals surface area contributed by atoms with Crippen LogP contribution in [0.15, 0.2) is 44.2 Å². The molecule has 8 nitrogen and oxygen atoms in total. The molecule has 0 saturated heterocycles. The van der Waals surface area contributed by atoms with Crippen LogP contribution in [-0.2, 0) is 27.3 Å². The van der Waals surface area contributed by atoms with Crippen LogP contribution in [0.4, 0.5) is 4.39 Å². The van der Waals surface area contributed by atoms with Crippen molar-refractivity contribution >= 4 is 15.9 Å². The number of phenols is 1. The Morgan fingerprint density at radius 1 is 1.23 bits per heavy atom. The molecule has 0 aliphatic carbocycles. The fourth-order valence-corrected chi connectivity index (χ4v) is 4.67. The molecule has 0 amide bonds. The summed E-state index contributed by atoms with van der Waals surface area (Å²) in [4.78, 5) is 0.252. The number of aryl methyl sites for hydroxylation is 1. The summed E-state index contributed by atoms with van der Waals surface area (Å²) >= 11 is 1.94. The number of phenolic OH excluding ortho intramolecular Hbond substituents is 1. The molecule has 0 aromatic heterocycles. The van der Waals surface area contributed by atoms with Gasteiger partial charge in [-0.2, -0.15) is 0 Å². The van der Waals surface area contributed by atoms with Crippen LogP contribution in [0, 0.1) is 26.6 Å². The van der Waals surface area contributed by atoms with Gasteiger partial charge < -0.3 is 5.11 Å². The number of hydrogen-bond acceptors (Lipinski definition) is 6. The van der Waals surface area contributed by atoms with E-state index in [9.17, 15) is 12.8 Å². The van der Waals surface area contributed by atoms with Gasteiger partial charge in [-0.25, -0.2) is 4.39 Å². The Hall–Kier alpha value is -2.27. The van der Waals surface area contributed by atoms with Crippen LogP contribution in [0.5, 0.6) is 11.5 Å². The van der Waals surface area contributed by atoms with Crippen molar-refractivity contribution in [2.75, 3.05) is 14.2 Å². The van der Waals surface area contributed by atoms with E-state index in [-0.39, 0.29) is 16.5 Å². The van der Waals surface area contributed by atoms with E-state index in [1.54, 1.807) is 33.9 Å². The summed E-state index contributed by atoms with van der Waals surface area (Å²) in [6.07, 6.45) is 0. The molecule has 0 aliphatic heterocycles. The molecule has 2 aromatic rings. The van der Waals surface area contributed by atoms with E-state index in [0.29, 0.717) is 22.7 Å². The van der Waals surface area contributed by atoms with Crippen molar-refractivity contribution in [3.05, 3.63) is 58.2 Å². The number of ether oxygens (including phenoxy) is 1. The van der Waals surface area contributed by atoms with Gasteiger partial charge in [0.1, 0.15) is 11.6 Å². The number of nitrogens with zero attached hydrogens (tertiary/aromatic N) is 3. The quantitative estimate of drug-likeness (QED) is 0.365. The number of benzene rings is 2. The molecule has 11 heteroatoms. The molecular weight excluding hydrogens is 462 g/mol. The fourth-order valence-electron chi connectivity index (χ4n) is 2.80. The Balaban J connectivity index is 0.000000500. The van der Waals surface area contributed by atoms with Crippen LogP contribution in [0.3, 0.4) is 0 Å². The van der Waals surface area contributed by atoms with Crippen molar-refractivity contribution in [1.82, 2.24) is 4.72 Å². The third-order valence-electron chi connectivity index (χ3n) is 4.39. The van der Waals surface area contributed by atoms with Gasteiger partial charge in [-0.3, -0.25) is 0 Å². The zero-order valence-electron chi connectivity index (χ0n) is 18.2. The summed E-state index contributed by atoms with van der Waals surface area (Å²) in [6, 6.07) is 6.13. The van der Waals surface area contributed by atoms with Crippen LogP contribution in [-0.4, -0.2) is 39.6 Å². The number of rotatable bonds is 6. The first-order chi connectivity index (χ1) is 14.5. The van der Waals surface area contributed by atoms with Gasteiger partial charge in [0.05, 0.1) is 0 Å². The Morgan fingerprint density at radius 2 is 1.81 bits per heavy atom. The van der Waals surface area contributed by atoms with Gasteiger partial charge >= 0.3 is 147 Å². The number of halogens is 1. The molecule has 2 N–H and O–H groups in total. The average Bonchev–Trinajstić information content (AvgIpc) is 2.70. The second kappa shape index (κ2) is 11.9. The summed E-state index contributed by atoms with van der Waals surface area (Å²) in [6.45, 7) is 7.01. The van der Waals surface area contributed by atoms with Crippen molar-refractivity contribution in [2.45, 2.75) is 38.6 Å². The molecule has 0 fully saturated rings. The third kappa shape index (κ3) is 7.43. The minimum atomic E-state index is -3.73. The second-order valence-electron chi connectivity index (χ2n) is 6.57. The topological polar surface area (TPSA) is 114 Å². The molecule has 169 valence electrons. The van der Waals surface area contributed by atoms with Gasteiger partial charge in [0, 0.05) is 0 Å². The zero-order valence-corrected chi connectivity index (χ0v) is 20.4. The maximum absolute atomic E-state index is 12.8. The minimum Gasteiger partial charge on any atom is -0.508 e. The number of amidine groups is 1. The number of aromatic hydroxyl groups is 1. The van der Waals surface area contributed by atoms with Gasteiger partial charge in [0.2, 0.25) is 0 Å². The van der Waals surface area contributed by atoms with Crippen molar-refractivity contribution in [2.24, 2.45) is 9.00 Å². The van der Waals surface area contributed by atoms with E-state index < -0.39 is 16.1 Å². The second-order valence-corrected chi connectivity index (χ2v) is 8.50. The molecule has 1 atom stereocenters. The van der Waals surface area contributed by atoms with E-state index >= 15 is 0 Å². The summed E-state index contributed by atoms with van der Waals surface area (Å²) < 4.78 is 49.0. The maximum atomic E-state index is 12.8. The third-order valence-corrected chi connectivity index (χ3v) is 6.36. The molecule has 0 unspecified atom stereocenters. The van der Waals surface area contributed by atoms with E-state index in [1.165, 1.54) is 31.3 Å². The number of nitrogens with one attached hydrogen (secondary N) is 1. The predicted octanol–water partition coefficient (Wildman–Crippen LogP) is 3.87. The standard InChI is InChI=1S/C14H21N4O3S.C6H5FO.V/c1-8-7-12(21-6)9(2)10(3)13(8)22(19,20)18-11(4)14(16-5)17-15;7-5-1-3-6(8)4-2-5;/h7,11,18H,1-6H3;1-4,8H;/q-1;;/t11-;;/m1../s1. The number of hydrogen-bond donors (Lipinski definition) is 2. The van der Waals surface area contributed by atoms with Crippen LogP contribution < -0.4 is 9.46 Å². The fraction of sp³-hybridized carbons (Fsp3) is 0.350. The summed E-state index contributed by atoms with van der Waals surface area (Å²) in [5.41, 5.74) is 2.07. The molecular formula is C20H26FN4O4SV-. The van der Waals surface area contributed by atoms with E-state index in [4.69, 9.17) is 9.84 Å². The molecule has 0 bridgehead atoms. The first kappa shape index (κ1) is 26.8. The van der Waals surface area contributed by atoms with Gasteiger partial charge in [0.15, 0.2) is 0 Å². The largest absolute Gasteiger partial charge is 0.508 e. The Morgan fingerprint density at radius 3 is 2.26 bits per heavy atom. The summed E-state index contributed by atoms with van der Waals surface area (Å²) in [5, 5.41) is 16.3. The van der Waals surface area contributed by atoms with Gasteiger partial charge in [-0.1, -0.05) is 0 Å². The van der Waals surface area contributed by atoms with E-state index in [1.807, 2.05) is 24.2 Å². The number of likely N-dealkylation sites (N-methyl/N-ethyl adjacent to an activating group) is 1. The van der Waals surface area contributed by atoms with Crippen molar-refractivity contribution in [3.8, 4) is 11.5 Å². The van der Waals surface area contributed by atoms with E-state index in [2.05, 4.69) is 19.0 Å². The van der Waals surface area contributed by atoms with Crippen LogP contribution >= 0.6 is 0 Å². The first-order valence-corrected chi connectivity index (χ1v) is 11.2.